The maximum absolute atomic E-state index is 14.3. The third-order valence-corrected chi connectivity index (χ3v) is 9.26. The summed E-state index contributed by atoms with van der Waals surface area (Å²) in [6.07, 6.45) is 1.78. The van der Waals surface area contributed by atoms with Crippen molar-refractivity contribution in [3.05, 3.63) is 149 Å². The molecule has 1 aromatic heterocycles. The lowest BCUT2D eigenvalue weighted by atomic mass is 9.93. The zero-order valence-corrected chi connectivity index (χ0v) is 28.6. The van der Waals surface area contributed by atoms with Crippen molar-refractivity contribution in [1.29, 1.82) is 0 Å². The van der Waals surface area contributed by atoms with Gasteiger partial charge in [0.05, 0.1) is 47.1 Å². The van der Waals surface area contributed by atoms with E-state index in [9.17, 15) is 14.0 Å². The van der Waals surface area contributed by atoms with Crippen molar-refractivity contribution in [1.82, 2.24) is 4.57 Å². The van der Waals surface area contributed by atoms with Gasteiger partial charge in [-0.05, 0) is 82.0 Å². The highest BCUT2D eigenvalue weighted by Gasteiger charge is 2.35. The summed E-state index contributed by atoms with van der Waals surface area (Å²) in [5, 5.41) is 0. The Morgan fingerprint density at radius 2 is 1.69 bits per heavy atom. The molecule has 0 spiro atoms. The van der Waals surface area contributed by atoms with Gasteiger partial charge >= 0.3 is 5.97 Å². The molecule has 0 N–H and O–H groups in total. The number of ether oxygens (including phenoxy) is 4. The van der Waals surface area contributed by atoms with Crippen LogP contribution in [0.5, 0.6) is 17.2 Å². The SMILES string of the molecule is CCOC(=O)C1=C(c2ccccc2)N=c2s/c(=C\c3ccc(OCc4ccc(F)cc4)c(Br)c3)c(=O)n2[C@@H]1c1ccc(OC)c(OC)c1. The third-order valence-electron chi connectivity index (χ3n) is 7.66. The van der Waals surface area contributed by atoms with Gasteiger partial charge in [0.2, 0.25) is 0 Å². The lowest BCUT2D eigenvalue weighted by molar-refractivity contribution is -0.138. The maximum Gasteiger partial charge on any atom is 0.338 e. The fourth-order valence-electron chi connectivity index (χ4n) is 5.40. The summed E-state index contributed by atoms with van der Waals surface area (Å²) in [6, 6.07) is 25.4. The predicted octanol–water partition coefficient (Wildman–Crippen LogP) is 6.43. The summed E-state index contributed by atoms with van der Waals surface area (Å²) < 4.78 is 38.5. The minimum absolute atomic E-state index is 0.145. The Kier molecular flexibility index (Phi) is 9.88. The molecule has 0 aliphatic carbocycles. The van der Waals surface area contributed by atoms with Gasteiger partial charge in [0.15, 0.2) is 16.3 Å². The van der Waals surface area contributed by atoms with Crippen molar-refractivity contribution in [2.24, 2.45) is 4.99 Å². The zero-order chi connectivity index (χ0) is 33.8. The molecule has 48 heavy (non-hydrogen) atoms. The van der Waals surface area contributed by atoms with E-state index in [0.29, 0.717) is 47.9 Å². The van der Waals surface area contributed by atoms with E-state index < -0.39 is 12.0 Å². The van der Waals surface area contributed by atoms with Crippen molar-refractivity contribution in [2.45, 2.75) is 19.6 Å². The van der Waals surface area contributed by atoms with Crippen molar-refractivity contribution in [3.63, 3.8) is 0 Å². The molecule has 0 saturated heterocycles. The van der Waals surface area contributed by atoms with Gasteiger partial charge in [-0.15, -0.1) is 0 Å². The Labute approximate surface area is 288 Å². The van der Waals surface area contributed by atoms with Crippen molar-refractivity contribution in [3.8, 4) is 17.2 Å². The first kappa shape index (κ1) is 32.9. The van der Waals surface area contributed by atoms with E-state index in [0.717, 1.165) is 11.1 Å². The molecule has 1 aliphatic rings. The summed E-state index contributed by atoms with van der Waals surface area (Å²) >= 11 is 4.80. The number of aromatic nitrogens is 1. The van der Waals surface area contributed by atoms with Crippen LogP contribution in [-0.2, 0) is 16.1 Å². The number of carbonyl (C=O) groups excluding carboxylic acids is 1. The molecule has 5 aromatic rings. The second kappa shape index (κ2) is 14.4. The molecule has 0 bridgehead atoms. The summed E-state index contributed by atoms with van der Waals surface area (Å²) in [5.41, 5.74) is 3.25. The van der Waals surface area contributed by atoms with E-state index in [1.165, 1.54) is 35.1 Å². The summed E-state index contributed by atoms with van der Waals surface area (Å²) in [4.78, 5) is 33.3. The fourth-order valence-corrected chi connectivity index (χ4v) is 6.91. The van der Waals surface area contributed by atoms with Crippen LogP contribution in [0.4, 0.5) is 4.39 Å². The van der Waals surface area contributed by atoms with Crippen LogP contribution >= 0.6 is 27.3 Å². The molecule has 8 nitrogen and oxygen atoms in total. The Bertz CT molecular complexity index is 2200. The Morgan fingerprint density at radius 1 is 0.958 bits per heavy atom. The molecule has 0 saturated carbocycles. The van der Waals surface area contributed by atoms with E-state index in [1.807, 2.05) is 42.5 Å². The van der Waals surface area contributed by atoms with E-state index in [1.54, 1.807) is 56.5 Å². The van der Waals surface area contributed by atoms with Crippen LogP contribution in [0.25, 0.3) is 11.8 Å². The molecule has 4 aromatic carbocycles. The lowest BCUT2D eigenvalue weighted by Crippen LogP contribution is -2.40. The highest BCUT2D eigenvalue weighted by molar-refractivity contribution is 9.10. The number of hydrogen-bond acceptors (Lipinski definition) is 8. The lowest BCUT2D eigenvalue weighted by Gasteiger charge is -2.26. The van der Waals surface area contributed by atoms with Crippen LogP contribution in [0.15, 0.2) is 111 Å². The topological polar surface area (TPSA) is 88.4 Å². The Balaban J connectivity index is 1.48. The van der Waals surface area contributed by atoms with Crippen LogP contribution in [-0.4, -0.2) is 31.4 Å². The summed E-state index contributed by atoms with van der Waals surface area (Å²) in [6.45, 7) is 2.14. The first-order chi connectivity index (χ1) is 23.3. The second-order valence-electron chi connectivity index (χ2n) is 10.7. The molecular formula is C37H30BrFN2O6S. The van der Waals surface area contributed by atoms with Gasteiger partial charge in [-0.2, -0.15) is 0 Å². The minimum atomic E-state index is -0.869. The van der Waals surface area contributed by atoms with Crippen LogP contribution in [0.2, 0.25) is 0 Å². The molecule has 244 valence electrons. The van der Waals surface area contributed by atoms with Gasteiger partial charge in [-0.1, -0.05) is 65.9 Å². The highest BCUT2D eigenvalue weighted by atomic mass is 79.9. The van der Waals surface area contributed by atoms with Crippen LogP contribution in [0, 0.1) is 5.82 Å². The average Bonchev–Trinajstić information content (AvgIpc) is 3.41. The van der Waals surface area contributed by atoms with Gasteiger partial charge in [0, 0.05) is 5.56 Å². The van der Waals surface area contributed by atoms with Crippen LogP contribution in [0.1, 0.15) is 35.2 Å². The number of halogens is 2. The highest BCUT2D eigenvalue weighted by Crippen LogP contribution is 2.38. The molecule has 0 radical (unpaired) electrons. The number of esters is 1. The molecule has 1 atom stereocenters. The first-order valence-electron chi connectivity index (χ1n) is 15.0. The van der Waals surface area contributed by atoms with E-state index in [4.69, 9.17) is 23.9 Å². The second-order valence-corrected chi connectivity index (χ2v) is 12.5. The normalized spacial score (nSPS) is 14.3. The van der Waals surface area contributed by atoms with Crippen molar-refractivity contribution >= 4 is 45.0 Å². The zero-order valence-electron chi connectivity index (χ0n) is 26.2. The molecule has 2 heterocycles. The number of carbonyl (C=O) groups is 1. The third kappa shape index (κ3) is 6.69. The molecule has 6 rings (SSSR count). The summed E-state index contributed by atoms with van der Waals surface area (Å²) in [7, 11) is 3.07. The number of methoxy groups -OCH3 is 2. The monoisotopic (exact) mass is 728 g/mol. The fraction of sp³-hybridized carbons (Fsp3) is 0.162. The van der Waals surface area contributed by atoms with Crippen LogP contribution < -0.4 is 29.1 Å². The van der Waals surface area contributed by atoms with Crippen LogP contribution in [0.3, 0.4) is 0 Å². The standard InChI is InChI=1S/C37H30BrFN2O6S/c1-4-46-36(43)32-33(24-8-6-5-7-9-24)40-37-41(34(32)25-13-17-29(44-2)30(20-25)45-3)35(42)31(48-37)19-23-12-16-28(27(38)18-23)47-21-22-10-14-26(39)15-11-22/h5-20,34H,4,21H2,1-3H3/b31-19-/t34-/m1/s1. The van der Waals surface area contributed by atoms with E-state index in [-0.39, 0.29) is 30.2 Å². The smallest absolute Gasteiger partial charge is 0.338 e. The van der Waals surface area contributed by atoms with Crippen molar-refractivity contribution < 1.29 is 28.1 Å². The Morgan fingerprint density at radius 3 is 2.38 bits per heavy atom. The average molecular weight is 730 g/mol. The number of rotatable bonds is 10. The van der Waals surface area contributed by atoms with E-state index >= 15 is 0 Å². The largest absolute Gasteiger partial charge is 0.493 e. The molecule has 0 unspecified atom stereocenters. The van der Waals surface area contributed by atoms with Gasteiger partial charge in [0.1, 0.15) is 18.2 Å². The summed E-state index contributed by atoms with van der Waals surface area (Å²) in [5.74, 6) is 0.671. The molecule has 0 amide bonds. The molecule has 1 aliphatic heterocycles. The Hall–Kier alpha value is -5.00. The molecule has 0 fully saturated rings. The number of benzene rings is 4. The molecular weight excluding hydrogens is 699 g/mol. The van der Waals surface area contributed by atoms with Gasteiger partial charge < -0.3 is 18.9 Å². The van der Waals surface area contributed by atoms with E-state index in [2.05, 4.69) is 15.9 Å². The number of thiazole rings is 1. The predicted molar refractivity (Wildman–Crippen MR) is 185 cm³/mol. The minimum Gasteiger partial charge on any atom is -0.493 e. The maximum atomic E-state index is 14.3. The van der Waals surface area contributed by atoms with Crippen molar-refractivity contribution in [2.75, 3.05) is 20.8 Å². The number of fused-ring (bicyclic) bond motifs is 1. The molecule has 11 heteroatoms. The number of nitrogens with zero attached hydrogens (tertiary/aromatic N) is 2. The van der Waals surface area contributed by atoms with Gasteiger partial charge in [-0.3, -0.25) is 9.36 Å². The first-order valence-corrected chi connectivity index (χ1v) is 16.6. The number of hydrogen-bond donors (Lipinski definition) is 0. The van der Waals surface area contributed by atoms with Gasteiger partial charge in [-0.25, -0.2) is 14.2 Å². The quantitative estimate of drug-likeness (QED) is 0.154. The van der Waals surface area contributed by atoms with Gasteiger partial charge in [0.25, 0.3) is 5.56 Å².